The predicted molar refractivity (Wildman–Crippen MR) is 99.0 cm³/mol. The summed E-state index contributed by atoms with van der Waals surface area (Å²) in [4.78, 5) is 14.8. The van der Waals surface area contributed by atoms with E-state index in [9.17, 15) is 4.79 Å². The number of furan rings is 1. The van der Waals surface area contributed by atoms with Gasteiger partial charge in [0.1, 0.15) is 17.1 Å². The number of carbonyl (C=O) groups excluding carboxylic acids is 1. The number of benzene rings is 2. The van der Waals surface area contributed by atoms with Gasteiger partial charge in [-0.1, -0.05) is 0 Å². The highest BCUT2D eigenvalue weighted by Gasteiger charge is 2.30. The summed E-state index contributed by atoms with van der Waals surface area (Å²) < 4.78 is 16.2. The Morgan fingerprint density at radius 2 is 2.00 bits per heavy atom. The molecule has 0 N–H and O–H groups in total. The first-order valence-electron chi connectivity index (χ1n) is 8.68. The standard InChI is InChI=1S/C21H21NO4/c1-24-17-4-6-20(25-2)18(12-17)16-7-9-22(13-16)21(23)15-3-5-19-14(11-15)8-10-26-19/h3-6,8,10-12,16H,7,9,13H2,1-2H3. The van der Waals surface area contributed by atoms with Crippen molar-refractivity contribution in [2.24, 2.45) is 0 Å². The lowest BCUT2D eigenvalue weighted by Crippen LogP contribution is -2.28. The molecule has 2 heterocycles. The molecule has 134 valence electrons. The minimum absolute atomic E-state index is 0.0532. The third-order valence-corrected chi connectivity index (χ3v) is 5.05. The Balaban J connectivity index is 1.55. The number of hydrogen-bond donors (Lipinski definition) is 0. The summed E-state index contributed by atoms with van der Waals surface area (Å²) in [5.41, 5.74) is 2.58. The van der Waals surface area contributed by atoms with Crippen molar-refractivity contribution in [3.8, 4) is 11.5 Å². The van der Waals surface area contributed by atoms with E-state index in [1.54, 1.807) is 20.5 Å². The number of amides is 1. The molecule has 0 radical (unpaired) electrons. The molecule has 5 nitrogen and oxygen atoms in total. The van der Waals surface area contributed by atoms with E-state index in [1.807, 2.05) is 47.4 Å². The number of rotatable bonds is 4. The molecule has 5 heteroatoms. The van der Waals surface area contributed by atoms with Crippen LogP contribution in [0.15, 0.2) is 53.1 Å². The third-order valence-electron chi connectivity index (χ3n) is 5.05. The Morgan fingerprint density at radius 3 is 2.81 bits per heavy atom. The summed E-state index contributed by atoms with van der Waals surface area (Å²) in [6, 6.07) is 13.3. The molecular formula is C21H21NO4. The van der Waals surface area contributed by atoms with E-state index >= 15 is 0 Å². The van der Waals surface area contributed by atoms with Gasteiger partial charge in [-0.05, 0) is 48.9 Å². The predicted octanol–water partition coefficient (Wildman–Crippen LogP) is 4.08. The zero-order valence-electron chi connectivity index (χ0n) is 14.9. The van der Waals surface area contributed by atoms with Gasteiger partial charge < -0.3 is 18.8 Å². The van der Waals surface area contributed by atoms with Gasteiger partial charge in [0, 0.05) is 35.5 Å². The van der Waals surface area contributed by atoms with E-state index < -0.39 is 0 Å². The van der Waals surface area contributed by atoms with Gasteiger partial charge in [0.25, 0.3) is 5.91 Å². The first kappa shape index (κ1) is 16.5. The van der Waals surface area contributed by atoms with Crippen molar-refractivity contribution in [1.82, 2.24) is 4.90 Å². The lowest BCUT2D eigenvalue weighted by molar-refractivity contribution is 0.0791. The van der Waals surface area contributed by atoms with E-state index in [0.717, 1.165) is 41.0 Å². The maximum absolute atomic E-state index is 12.9. The zero-order valence-corrected chi connectivity index (χ0v) is 14.9. The molecule has 1 unspecified atom stereocenters. The molecule has 1 atom stereocenters. The number of likely N-dealkylation sites (tertiary alicyclic amines) is 1. The first-order valence-corrected chi connectivity index (χ1v) is 8.68. The van der Waals surface area contributed by atoms with Crippen LogP contribution in [0.3, 0.4) is 0 Å². The highest BCUT2D eigenvalue weighted by atomic mass is 16.5. The number of nitrogens with zero attached hydrogens (tertiary/aromatic N) is 1. The van der Waals surface area contributed by atoms with Crippen LogP contribution in [0, 0.1) is 0 Å². The van der Waals surface area contributed by atoms with Crippen LogP contribution in [0.5, 0.6) is 11.5 Å². The number of fused-ring (bicyclic) bond motifs is 1. The molecule has 0 spiro atoms. The summed E-state index contributed by atoms with van der Waals surface area (Å²) >= 11 is 0. The quantitative estimate of drug-likeness (QED) is 0.711. The van der Waals surface area contributed by atoms with E-state index in [1.165, 1.54) is 0 Å². The second-order valence-electron chi connectivity index (χ2n) is 6.52. The van der Waals surface area contributed by atoms with Crippen molar-refractivity contribution in [2.45, 2.75) is 12.3 Å². The fourth-order valence-corrected chi connectivity index (χ4v) is 3.64. The van der Waals surface area contributed by atoms with Gasteiger partial charge in [-0.15, -0.1) is 0 Å². The Hall–Kier alpha value is -2.95. The zero-order chi connectivity index (χ0) is 18.1. The van der Waals surface area contributed by atoms with Gasteiger partial charge in [0.15, 0.2) is 0 Å². The van der Waals surface area contributed by atoms with Crippen molar-refractivity contribution >= 4 is 16.9 Å². The molecule has 26 heavy (non-hydrogen) atoms. The molecule has 0 saturated carbocycles. The van der Waals surface area contributed by atoms with E-state index in [-0.39, 0.29) is 11.8 Å². The minimum atomic E-state index is 0.0532. The highest BCUT2D eigenvalue weighted by molar-refractivity contribution is 5.98. The number of methoxy groups -OCH3 is 2. The summed E-state index contributed by atoms with van der Waals surface area (Å²) in [5.74, 6) is 1.93. The second-order valence-corrected chi connectivity index (χ2v) is 6.52. The van der Waals surface area contributed by atoms with Crippen LogP contribution in [0.2, 0.25) is 0 Å². The number of ether oxygens (including phenoxy) is 2. The second kappa shape index (κ2) is 6.75. The van der Waals surface area contributed by atoms with Gasteiger partial charge in [-0.3, -0.25) is 4.79 Å². The molecule has 2 aromatic carbocycles. The summed E-state index contributed by atoms with van der Waals surface area (Å²) in [7, 11) is 3.32. The van der Waals surface area contributed by atoms with Crippen LogP contribution in [0.4, 0.5) is 0 Å². The maximum atomic E-state index is 12.9. The van der Waals surface area contributed by atoms with Crippen molar-refractivity contribution in [2.75, 3.05) is 27.3 Å². The van der Waals surface area contributed by atoms with Crippen LogP contribution in [0.25, 0.3) is 11.0 Å². The molecular weight excluding hydrogens is 330 g/mol. The Labute approximate surface area is 152 Å². The summed E-state index contributed by atoms with van der Waals surface area (Å²) in [6.45, 7) is 1.40. The van der Waals surface area contributed by atoms with Gasteiger partial charge >= 0.3 is 0 Å². The molecule has 1 fully saturated rings. The molecule has 1 amide bonds. The van der Waals surface area contributed by atoms with Gasteiger partial charge in [-0.2, -0.15) is 0 Å². The van der Waals surface area contributed by atoms with Crippen molar-refractivity contribution in [3.63, 3.8) is 0 Å². The van der Waals surface area contributed by atoms with Crippen LogP contribution < -0.4 is 9.47 Å². The van der Waals surface area contributed by atoms with Crippen LogP contribution in [-0.2, 0) is 0 Å². The molecule has 4 rings (SSSR count). The Kier molecular flexibility index (Phi) is 4.29. The average Bonchev–Trinajstić information content (AvgIpc) is 3.35. The number of carbonyl (C=O) groups is 1. The lowest BCUT2D eigenvalue weighted by Gasteiger charge is -2.18. The van der Waals surface area contributed by atoms with Crippen LogP contribution in [0.1, 0.15) is 28.3 Å². The Bertz CT molecular complexity index is 946. The van der Waals surface area contributed by atoms with Crippen molar-refractivity contribution in [3.05, 3.63) is 59.9 Å². The molecule has 3 aromatic rings. The topological polar surface area (TPSA) is 51.9 Å². The molecule has 1 aromatic heterocycles. The molecule has 0 bridgehead atoms. The SMILES string of the molecule is COc1ccc(OC)c(C2CCN(C(=O)c3ccc4occc4c3)C2)c1. The lowest BCUT2D eigenvalue weighted by atomic mass is 9.97. The number of hydrogen-bond acceptors (Lipinski definition) is 4. The van der Waals surface area contributed by atoms with Crippen molar-refractivity contribution < 1.29 is 18.7 Å². The van der Waals surface area contributed by atoms with E-state index in [4.69, 9.17) is 13.9 Å². The molecule has 1 aliphatic rings. The van der Waals surface area contributed by atoms with Gasteiger partial charge in [0.05, 0.1) is 20.5 Å². The fraction of sp³-hybridized carbons (Fsp3) is 0.286. The summed E-state index contributed by atoms with van der Waals surface area (Å²) in [6.07, 6.45) is 2.54. The smallest absolute Gasteiger partial charge is 0.253 e. The third kappa shape index (κ3) is 2.90. The average molecular weight is 351 g/mol. The first-order chi connectivity index (χ1) is 12.7. The fourth-order valence-electron chi connectivity index (χ4n) is 3.64. The molecule has 1 aliphatic heterocycles. The van der Waals surface area contributed by atoms with Crippen molar-refractivity contribution in [1.29, 1.82) is 0 Å². The Morgan fingerprint density at radius 1 is 1.12 bits per heavy atom. The normalized spacial score (nSPS) is 16.8. The van der Waals surface area contributed by atoms with Crippen LogP contribution in [-0.4, -0.2) is 38.1 Å². The van der Waals surface area contributed by atoms with E-state index in [0.29, 0.717) is 12.1 Å². The summed E-state index contributed by atoms with van der Waals surface area (Å²) in [5, 5.41) is 0.945. The molecule has 1 saturated heterocycles. The highest BCUT2D eigenvalue weighted by Crippen LogP contribution is 2.36. The van der Waals surface area contributed by atoms with Gasteiger partial charge in [0.2, 0.25) is 0 Å². The van der Waals surface area contributed by atoms with E-state index in [2.05, 4.69) is 0 Å². The monoisotopic (exact) mass is 351 g/mol. The van der Waals surface area contributed by atoms with Crippen LogP contribution >= 0.6 is 0 Å². The maximum Gasteiger partial charge on any atom is 0.253 e. The largest absolute Gasteiger partial charge is 0.497 e. The van der Waals surface area contributed by atoms with Gasteiger partial charge in [-0.25, -0.2) is 0 Å². The minimum Gasteiger partial charge on any atom is -0.497 e. The molecule has 0 aliphatic carbocycles.